The average Bonchev–Trinajstić information content (AvgIpc) is 3.22. The molecule has 2 aromatic heterocycles. The molecule has 0 atom stereocenters. The Kier molecular flexibility index (Phi) is 7.28. The fourth-order valence-corrected chi connectivity index (χ4v) is 2.63. The fourth-order valence-electron chi connectivity index (χ4n) is 1.98. The Bertz CT molecular complexity index is 651. The molecule has 0 radical (unpaired) electrons. The molecule has 2 rings (SSSR count). The van der Waals surface area contributed by atoms with E-state index in [1.807, 2.05) is 19.9 Å². The van der Waals surface area contributed by atoms with Gasteiger partial charge in [-0.3, -0.25) is 4.79 Å². The minimum atomic E-state index is -0.154. The molecule has 0 aliphatic rings. The van der Waals surface area contributed by atoms with Crippen molar-refractivity contribution >= 4 is 23.2 Å². The number of hydrogen-bond acceptors (Lipinski definition) is 5. The van der Waals surface area contributed by atoms with E-state index in [1.165, 1.54) is 0 Å². The lowest BCUT2D eigenvalue weighted by molar-refractivity contribution is -0.119. The van der Waals surface area contributed by atoms with E-state index in [0.29, 0.717) is 19.0 Å². The molecule has 2 aromatic rings. The third-order valence-corrected chi connectivity index (χ3v) is 3.93. The molecule has 8 heteroatoms. The summed E-state index contributed by atoms with van der Waals surface area (Å²) in [6, 6.07) is 3.60. The van der Waals surface area contributed by atoms with E-state index in [1.54, 1.807) is 23.7 Å². The number of thiazole rings is 1. The van der Waals surface area contributed by atoms with Crippen LogP contribution in [0.1, 0.15) is 23.4 Å². The number of carbonyl (C=O) groups excluding carboxylic acids is 1. The van der Waals surface area contributed by atoms with Crippen molar-refractivity contribution in [2.45, 2.75) is 26.8 Å². The number of rotatable bonds is 8. The summed E-state index contributed by atoms with van der Waals surface area (Å²) in [5.41, 5.74) is 1.07. The molecule has 0 saturated heterocycles. The Labute approximate surface area is 145 Å². The summed E-state index contributed by atoms with van der Waals surface area (Å²) in [5, 5.41) is 12.2. The second-order valence-electron chi connectivity index (χ2n) is 5.09. The second kappa shape index (κ2) is 9.71. The van der Waals surface area contributed by atoms with Crippen molar-refractivity contribution in [3.63, 3.8) is 0 Å². The van der Waals surface area contributed by atoms with Gasteiger partial charge in [0.1, 0.15) is 12.3 Å². The summed E-state index contributed by atoms with van der Waals surface area (Å²) in [6.45, 7) is 5.85. The molecule has 130 valence electrons. The zero-order chi connectivity index (χ0) is 17.2. The molecule has 0 fully saturated rings. The van der Waals surface area contributed by atoms with Crippen molar-refractivity contribution < 1.29 is 9.21 Å². The van der Waals surface area contributed by atoms with Crippen molar-refractivity contribution in [1.29, 1.82) is 0 Å². The summed E-state index contributed by atoms with van der Waals surface area (Å²) < 4.78 is 5.16. The van der Waals surface area contributed by atoms with Gasteiger partial charge >= 0.3 is 0 Å². The van der Waals surface area contributed by atoms with Crippen LogP contribution < -0.4 is 16.0 Å². The molecular formula is C16H23N5O2S. The first-order valence-corrected chi connectivity index (χ1v) is 8.77. The van der Waals surface area contributed by atoms with Crippen molar-refractivity contribution in [1.82, 2.24) is 20.9 Å². The number of amides is 1. The lowest BCUT2D eigenvalue weighted by Gasteiger charge is -2.10. The van der Waals surface area contributed by atoms with Gasteiger partial charge in [-0.1, -0.05) is 0 Å². The quantitative estimate of drug-likeness (QED) is 0.496. The number of aryl methyl sites for hydroxylation is 1. The van der Waals surface area contributed by atoms with Crippen LogP contribution >= 0.6 is 11.3 Å². The van der Waals surface area contributed by atoms with Crippen molar-refractivity contribution in [2.24, 2.45) is 4.99 Å². The highest BCUT2D eigenvalue weighted by atomic mass is 32.1. The van der Waals surface area contributed by atoms with Gasteiger partial charge in [-0.25, -0.2) is 9.98 Å². The maximum absolute atomic E-state index is 11.8. The number of carbonyl (C=O) groups is 1. The first-order valence-electron chi connectivity index (χ1n) is 7.89. The molecule has 24 heavy (non-hydrogen) atoms. The van der Waals surface area contributed by atoms with E-state index >= 15 is 0 Å². The summed E-state index contributed by atoms with van der Waals surface area (Å²) in [5.74, 6) is 1.19. The van der Waals surface area contributed by atoms with Crippen LogP contribution in [0.2, 0.25) is 0 Å². The molecule has 2 heterocycles. The van der Waals surface area contributed by atoms with E-state index in [4.69, 9.17) is 4.42 Å². The van der Waals surface area contributed by atoms with Gasteiger partial charge in [0.05, 0.1) is 23.5 Å². The standard InChI is InChI=1S/C16H23N5O2S/c1-3-17-16(18-7-6-13-11-24-12(2)21-13)20-10-15(22)19-9-14-5-4-8-23-14/h4-5,8,11H,3,6-7,9-10H2,1-2H3,(H,19,22)(H2,17,18,20). The maximum atomic E-state index is 11.8. The zero-order valence-electron chi connectivity index (χ0n) is 14.0. The molecule has 0 bridgehead atoms. The van der Waals surface area contributed by atoms with Gasteiger partial charge in [-0.2, -0.15) is 0 Å². The van der Waals surface area contributed by atoms with Crippen LogP contribution in [-0.2, 0) is 17.8 Å². The smallest absolute Gasteiger partial charge is 0.242 e. The van der Waals surface area contributed by atoms with Crippen LogP contribution in [-0.4, -0.2) is 36.5 Å². The Morgan fingerprint density at radius 3 is 2.92 bits per heavy atom. The van der Waals surface area contributed by atoms with Crippen LogP contribution in [0.25, 0.3) is 0 Å². The predicted molar refractivity (Wildman–Crippen MR) is 95.1 cm³/mol. The Morgan fingerprint density at radius 1 is 1.38 bits per heavy atom. The SMILES string of the molecule is CCNC(=NCC(=O)NCc1ccco1)NCCc1csc(C)n1. The van der Waals surface area contributed by atoms with Crippen LogP contribution in [0.3, 0.4) is 0 Å². The number of guanidine groups is 1. The van der Waals surface area contributed by atoms with Gasteiger partial charge in [0, 0.05) is 24.9 Å². The number of nitrogens with zero attached hydrogens (tertiary/aromatic N) is 2. The number of aliphatic imine (C=N–C) groups is 1. The second-order valence-corrected chi connectivity index (χ2v) is 6.15. The fraction of sp³-hybridized carbons (Fsp3) is 0.438. The largest absolute Gasteiger partial charge is 0.467 e. The molecule has 0 aliphatic carbocycles. The Hall–Kier alpha value is -2.35. The minimum absolute atomic E-state index is 0.0614. The zero-order valence-corrected chi connectivity index (χ0v) is 14.8. The van der Waals surface area contributed by atoms with Crippen molar-refractivity contribution in [3.05, 3.63) is 40.2 Å². The normalized spacial score (nSPS) is 11.3. The van der Waals surface area contributed by atoms with E-state index in [9.17, 15) is 4.79 Å². The third kappa shape index (κ3) is 6.41. The van der Waals surface area contributed by atoms with Crippen molar-refractivity contribution in [2.75, 3.05) is 19.6 Å². The summed E-state index contributed by atoms with van der Waals surface area (Å²) in [7, 11) is 0. The molecule has 0 unspecified atom stereocenters. The van der Waals surface area contributed by atoms with Crippen LogP contribution in [0, 0.1) is 6.92 Å². The highest BCUT2D eigenvalue weighted by molar-refractivity contribution is 7.09. The van der Waals surface area contributed by atoms with Gasteiger partial charge in [0.15, 0.2) is 5.96 Å². The monoisotopic (exact) mass is 349 g/mol. The highest BCUT2D eigenvalue weighted by Gasteiger charge is 2.04. The summed E-state index contributed by atoms with van der Waals surface area (Å²) >= 11 is 1.65. The number of hydrogen-bond donors (Lipinski definition) is 3. The molecule has 0 spiro atoms. The first-order chi connectivity index (χ1) is 11.7. The molecule has 0 saturated carbocycles. The minimum Gasteiger partial charge on any atom is -0.467 e. The summed E-state index contributed by atoms with van der Waals surface area (Å²) in [6.07, 6.45) is 2.40. The van der Waals surface area contributed by atoms with Gasteiger partial charge in [0.25, 0.3) is 0 Å². The lowest BCUT2D eigenvalue weighted by Crippen LogP contribution is -2.39. The molecule has 3 N–H and O–H groups in total. The topological polar surface area (TPSA) is 91.5 Å². The van der Waals surface area contributed by atoms with E-state index in [0.717, 1.165) is 29.4 Å². The number of nitrogens with one attached hydrogen (secondary N) is 3. The predicted octanol–water partition coefficient (Wildman–Crippen LogP) is 1.46. The Balaban J connectivity index is 1.73. The van der Waals surface area contributed by atoms with Gasteiger partial charge in [-0.15, -0.1) is 11.3 Å². The van der Waals surface area contributed by atoms with Crippen LogP contribution in [0.4, 0.5) is 0 Å². The van der Waals surface area contributed by atoms with Crippen LogP contribution in [0.15, 0.2) is 33.2 Å². The molecule has 7 nitrogen and oxygen atoms in total. The van der Waals surface area contributed by atoms with Gasteiger partial charge in [0.2, 0.25) is 5.91 Å². The molecular weight excluding hydrogens is 326 g/mol. The van der Waals surface area contributed by atoms with Crippen molar-refractivity contribution in [3.8, 4) is 0 Å². The summed E-state index contributed by atoms with van der Waals surface area (Å²) in [4.78, 5) is 20.5. The number of furan rings is 1. The highest BCUT2D eigenvalue weighted by Crippen LogP contribution is 2.07. The van der Waals surface area contributed by atoms with E-state index in [-0.39, 0.29) is 12.5 Å². The first kappa shape index (κ1) is 18.0. The molecule has 0 aliphatic heterocycles. The van der Waals surface area contributed by atoms with Gasteiger partial charge in [-0.05, 0) is 26.0 Å². The lowest BCUT2D eigenvalue weighted by atomic mass is 10.3. The van der Waals surface area contributed by atoms with Crippen LogP contribution in [0.5, 0.6) is 0 Å². The number of aromatic nitrogens is 1. The molecule has 0 aromatic carbocycles. The third-order valence-electron chi connectivity index (χ3n) is 3.11. The average molecular weight is 349 g/mol. The van der Waals surface area contributed by atoms with Gasteiger partial charge < -0.3 is 20.4 Å². The maximum Gasteiger partial charge on any atom is 0.242 e. The van der Waals surface area contributed by atoms with E-state index < -0.39 is 0 Å². The molecule has 1 amide bonds. The Morgan fingerprint density at radius 2 is 2.25 bits per heavy atom. The van der Waals surface area contributed by atoms with E-state index in [2.05, 4.69) is 31.3 Å².